The first-order valence-electron chi connectivity index (χ1n) is 10.4. The first-order valence-corrected chi connectivity index (χ1v) is 11.2. The van der Waals surface area contributed by atoms with Crippen LogP contribution in [0.3, 0.4) is 0 Å². The molecule has 1 heterocycles. The van der Waals surface area contributed by atoms with E-state index in [-0.39, 0.29) is 31.1 Å². The van der Waals surface area contributed by atoms with Crippen molar-refractivity contribution < 1.29 is 33.0 Å². The molecule has 1 amide bonds. The van der Waals surface area contributed by atoms with Gasteiger partial charge in [-0.25, -0.2) is 18.6 Å². The van der Waals surface area contributed by atoms with E-state index in [4.69, 9.17) is 14.6 Å². The summed E-state index contributed by atoms with van der Waals surface area (Å²) >= 11 is 1.13. The molecule has 7 nitrogen and oxygen atoms in total. The number of aryl methyl sites for hydroxylation is 1. The lowest BCUT2D eigenvalue weighted by Gasteiger charge is -2.23. The zero-order valence-electron chi connectivity index (χ0n) is 18.9. The zero-order valence-corrected chi connectivity index (χ0v) is 19.7. The topological polar surface area (TPSA) is 89.0 Å². The number of carboxylic acid groups (broad SMARTS) is 1. The second-order valence-electron chi connectivity index (χ2n) is 7.50. The molecule has 0 unspecified atom stereocenters. The number of hydrogen-bond acceptors (Lipinski definition) is 6. The quantitative estimate of drug-likeness (QED) is 0.442. The molecule has 0 saturated carbocycles. The molecule has 2 aromatic carbocycles. The molecule has 0 fully saturated rings. The van der Waals surface area contributed by atoms with Gasteiger partial charge >= 0.3 is 5.97 Å². The van der Waals surface area contributed by atoms with E-state index in [1.165, 1.54) is 36.6 Å². The summed E-state index contributed by atoms with van der Waals surface area (Å²) in [5, 5.41) is 11.0. The molecule has 0 spiro atoms. The Balaban J connectivity index is 1.85. The van der Waals surface area contributed by atoms with E-state index in [9.17, 15) is 18.4 Å². The first-order chi connectivity index (χ1) is 16.2. The van der Waals surface area contributed by atoms with Gasteiger partial charge in [-0.05, 0) is 43.5 Å². The highest BCUT2D eigenvalue weighted by Crippen LogP contribution is 2.30. The average molecular weight is 491 g/mol. The second kappa shape index (κ2) is 11.1. The van der Waals surface area contributed by atoms with Gasteiger partial charge in [-0.2, -0.15) is 0 Å². The summed E-state index contributed by atoms with van der Waals surface area (Å²) in [4.78, 5) is 30.2. The highest BCUT2D eigenvalue weighted by molar-refractivity contribution is 7.09. The van der Waals surface area contributed by atoms with Crippen LogP contribution >= 0.6 is 11.3 Å². The fourth-order valence-electron chi connectivity index (χ4n) is 3.47. The van der Waals surface area contributed by atoms with Crippen LogP contribution in [0.15, 0.2) is 35.7 Å². The summed E-state index contributed by atoms with van der Waals surface area (Å²) in [6, 6.07) is 6.61. The lowest BCUT2D eigenvalue weighted by molar-refractivity contribution is 0.0691. The van der Waals surface area contributed by atoms with E-state index < -0.39 is 17.6 Å². The van der Waals surface area contributed by atoms with Crippen molar-refractivity contribution in [2.45, 2.75) is 26.3 Å². The van der Waals surface area contributed by atoms with Crippen LogP contribution in [0.2, 0.25) is 0 Å². The molecule has 0 saturated heterocycles. The summed E-state index contributed by atoms with van der Waals surface area (Å²) in [6.07, 6.45) is 0.681. The van der Waals surface area contributed by atoms with Gasteiger partial charge in [0, 0.05) is 29.1 Å². The Bertz CT molecular complexity index is 1170. The molecular weight excluding hydrogens is 466 g/mol. The molecule has 0 aliphatic rings. The Hall–Kier alpha value is -3.53. The molecule has 10 heteroatoms. The fourth-order valence-corrected chi connectivity index (χ4v) is 4.26. The molecule has 1 N–H and O–H groups in total. The van der Waals surface area contributed by atoms with E-state index in [1.54, 1.807) is 12.1 Å². The van der Waals surface area contributed by atoms with Gasteiger partial charge in [0.2, 0.25) is 0 Å². The molecular formula is C24H24F2N2O5S. The number of hydrogen-bond donors (Lipinski definition) is 1. The molecule has 180 valence electrons. The number of aromatic nitrogens is 1. The highest BCUT2D eigenvalue weighted by atomic mass is 32.1. The SMILES string of the molecule is COc1cc(C(=O)N(CCCc2ccc(F)cc2F)Cc2nc(C(=O)O)cs2)cc(OC)c1C. The number of thiazole rings is 1. The number of amides is 1. The van der Waals surface area contributed by atoms with Gasteiger partial charge in [-0.15, -0.1) is 11.3 Å². The minimum atomic E-state index is -1.15. The Kier molecular flexibility index (Phi) is 8.17. The molecule has 0 aliphatic heterocycles. The number of carbonyl (C=O) groups is 2. The summed E-state index contributed by atoms with van der Waals surface area (Å²) in [6.45, 7) is 2.11. The van der Waals surface area contributed by atoms with Gasteiger partial charge in [0.25, 0.3) is 5.91 Å². The van der Waals surface area contributed by atoms with Crippen molar-refractivity contribution in [1.82, 2.24) is 9.88 Å². The number of ether oxygens (including phenoxy) is 2. The lowest BCUT2D eigenvalue weighted by Crippen LogP contribution is -2.32. The number of rotatable bonds is 10. The van der Waals surface area contributed by atoms with E-state index in [2.05, 4.69) is 4.98 Å². The van der Waals surface area contributed by atoms with Crippen LogP contribution in [0.1, 0.15) is 43.4 Å². The standard InChI is InChI=1S/C24H24F2N2O5S/c1-14-20(32-2)9-16(10-21(14)33-3)23(29)28(12-22-27-19(13-34-22)24(30)31)8-4-5-15-6-7-17(25)11-18(15)26/h6-7,9-11,13H,4-5,8,12H2,1-3H3,(H,30,31). The molecule has 0 radical (unpaired) electrons. The number of methoxy groups -OCH3 is 2. The maximum Gasteiger partial charge on any atom is 0.355 e. The number of carbonyl (C=O) groups excluding carboxylic acids is 1. The molecule has 3 aromatic rings. The van der Waals surface area contributed by atoms with Crippen LogP contribution in [0, 0.1) is 18.6 Å². The van der Waals surface area contributed by atoms with Gasteiger partial charge in [-0.1, -0.05) is 6.07 Å². The first kappa shape index (κ1) is 25.1. The van der Waals surface area contributed by atoms with Gasteiger partial charge in [0.15, 0.2) is 5.69 Å². The van der Waals surface area contributed by atoms with E-state index >= 15 is 0 Å². The van der Waals surface area contributed by atoms with Crippen LogP contribution < -0.4 is 9.47 Å². The maximum absolute atomic E-state index is 14.0. The molecule has 1 aromatic heterocycles. The van der Waals surface area contributed by atoms with Gasteiger partial charge in [0.1, 0.15) is 28.1 Å². The average Bonchev–Trinajstić information content (AvgIpc) is 3.28. The Morgan fingerprint density at radius 3 is 2.35 bits per heavy atom. The fraction of sp³-hybridized carbons (Fsp3) is 0.292. The van der Waals surface area contributed by atoms with Gasteiger partial charge < -0.3 is 19.5 Å². The third-order valence-corrected chi connectivity index (χ3v) is 6.11. The number of benzene rings is 2. The van der Waals surface area contributed by atoms with Crippen LogP contribution in [0.25, 0.3) is 0 Å². The van der Waals surface area contributed by atoms with Crippen molar-refractivity contribution in [2.24, 2.45) is 0 Å². The van der Waals surface area contributed by atoms with Crippen LogP contribution in [0.5, 0.6) is 11.5 Å². The van der Waals surface area contributed by atoms with Crippen molar-refractivity contribution in [1.29, 1.82) is 0 Å². The van der Waals surface area contributed by atoms with Crippen molar-refractivity contribution in [2.75, 3.05) is 20.8 Å². The molecule has 0 aliphatic carbocycles. The Morgan fingerprint density at radius 2 is 1.79 bits per heavy atom. The second-order valence-corrected chi connectivity index (χ2v) is 8.45. The van der Waals surface area contributed by atoms with E-state index in [0.717, 1.165) is 23.0 Å². The van der Waals surface area contributed by atoms with Gasteiger partial charge in [0.05, 0.1) is 20.8 Å². The molecule has 34 heavy (non-hydrogen) atoms. The van der Waals surface area contributed by atoms with Crippen LogP contribution in [-0.2, 0) is 13.0 Å². The van der Waals surface area contributed by atoms with Crippen molar-refractivity contribution in [3.8, 4) is 11.5 Å². The lowest BCUT2D eigenvalue weighted by atomic mass is 10.1. The van der Waals surface area contributed by atoms with Crippen LogP contribution in [-0.4, -0.2) is 47.6 Å². The monoisotopic (exact) mass is 490 g/mol. The number of aromatic carboxylic acids is 1. The third kappa shape index (κ3) is 5.88. The third-order valence-electron chi connectivity index (χ3n) is 5.27. The number of halogens is 2. The normalized spacial score (nSPS) is 10.7. The minimum Gasteiger partial charge on any atom is -0.496 e. The molecule has 0 bridgehead atoms. The van der Waals surface area contributed by atoms with E-state index in [1.807, 2.05) is 6.92 Å². The van der Waals surface area contributed by atoms with Crippen molar-refractivity contribution in [3.63, 3.8) is 0 Å². The predicted octanol–water partition coefficient (Wildman–Crippen LogP) is 4.72. The summed E-state index contributed by atoms with van der Waals surface area (Å²) < 4.78 is 37.9. The zero-order chi connectivity index (χ0) is 24.8. The van der Waals surface area contributed by atoms with Crippen molar-refractivity contribution in [3.05, 3.63) is 74.7 Å². The molecule has 3 rings (SSSR count). The highest BCUT2D eigenvalue weighted by Gasteiger charge is 2.21. The minimum absolute atomic E-state index is 0.0706. The smallest absolute Gasteiger partial charge is 0.355 e. The van der Waals surface area contributed by atoms with E-state index in [0.29, 0.717) is 34.1 Å². The number of nitrogens with zero attached hydrogens (tertiary/aromatic N) is 2. The summed E-state index contributed by atoms with van der Waals surface area (Å²) in [5.41, 5.74) is 1.31. The largest absolute Gasteiger partial charge is 0.496 e. The summed E-state index contributed by atoms with van der Waals surface area (Å²) in [7, 11) is 2.99. The van der Waals surface area contributed by atoms with Crippen molar-refractivity contribution >= 4 is 23.2 Å². The predicted molar refractivity (Wildman–Crippen MR) is 123 cm³/mol. The van der Waals surface area contributed by atoms with Gasteiger partial charge in [-0.3, -0.25) is 4.79 Å². The Morgan fingerprint density at radius 1 is 1.12 bits per heavy atom. The maximum atomic E-state index is 14.0. The van der Waals surface area contributed by atoms with Crippen LogP contribution in [0.4, 0.5) is 8.78 Å². The summed E-state index contributed by atoms with van der Waals surface area (Å²) in [5.74, 6) is -1.82. The number of carboxylic acids is 1. The molecule has 0 atom stereocenters. The Labute approximate surface area is 199 Å².